The molecule has 25 heavy (non-hydrogen) atoms. The minimum absolute atomic E-state index is 0.103. The quantitative estimate of drug-likeness (QED) is 0.894. The Hall–Kier alpha value is -2.45. The number of aromatic nitrogens is 1. The first-order chi connectivity index (χ1) is 11.9. The molecule has 1 aromatic heterocycles. The average molecular weight is 361 g/mol. The molecule has 0 unspecified atom stereocenters. The van der Waals surface area contributed by atoms with E-state index in [-0.39, 0.29) is 17.3 Å². The first kappa shape index (κ1) is 17.4. The maximum absolute atomic E-state index is 12.7. The van der Waals surface area contributed by atoms with Crippen LogP contribution in [0.4, 0.5) is 5.69 Å². The van der Waals surface area contributed by atoms with Crippen LogP contribution in [0, 0.1) is 6.92 Å². The summed E-state index contributed by atoms with van der Waals surface area (Å²) in [5.41, 5.74) is 1.91. The van der Waals surface area contributed by atoms with Crippen LogP contribution in [-0.2, 0) is 21.4 Å². The molecule has 0 saturated carbocycles. The van der Waals surface area contributed by atoms with Crippen LogP contribution in [0.15, 0.2) is 41.6 Å². The number of sulfonamides is 1. The summed E-state index contributed by atoms with van der Waals surface area (Å²) >= 11 is 0. The first-order valence-corrected chi connectivity index (χ1v) is 9.31. The third-order valence-corrected chi connectivity index (χ3v) is 5.52. The number of carbonyl (C=O) groups is 1. The molecule has 0 aliphatic carbocycles. The molecule has 132 valence electrons. The Bertz CT molecular complexity index is 898. The molecule has 0 bridgehead atoms. The minimum atomic E-state index is -3.72. The molecule has 3 rings (SSSR count). The standard InChI is InChI=1S/C17H19N3O4S/c1-12-8-15-16(24-7-6-20(15)13(2)21)9-17(12)25(22,23)19-11-14-4-3-5-18-10-14/h3-5,8-10,19H,6-7,11H2,1-2H3. The van der Waals surface area contributed by atoms with Crippen LogP contribution in [0.2, 0.25) is 0 Å². The predicted molar refractivity (Wildman–Crippen MR) is 93.0 cm³/mol. The lowest BCUT2D eigenvalue weighted by Gasteiger charge is -2.29. The second-order valence-corrected chi connectivity index (χ2v) is 7.53. The Morgan fingerprint density at radius 1 is 1.40 bits per heavy atom. The van der Waals surface area contributed by atoms with Gasteiger partial charge in [0.05, 0.1) is 17.1 Å². The molecular formula is C17H19N3O4S. The van der Waals surface area contributed by atoms with Crippen LogP contribution < -0.4 is 14.4 Å². The number of hydrogen-bond donors (Lipinski definition) is 1. The smallest absolute Gasteiger partial charge is 0.241 e. The van der Waals surface area contributed by atoms with E-state index in [1.807, 2.05) is 0 Å². The lowest BCUT2D eigenvalue weighted by Crippen LogP contribution is -2.36. The molecule has 2 heterocycles. The van der Waals surface area contributed by atoms with Crippen LogP contribution in [0.25, 0.3) is 0 Å². The second kappa shape index (κ2) is 6.81. The molecule has 2 aromatic rings. The molecule has 1 aliphatic heterocycles. The zero-order valence-corrected chi connectivity index (χ0v) is 14.8. The van der Waals surface area contributed by atoms with Gasteiger partial charge < -0.3 is 9.64 Å². The minimum Gasteiger partial charge on any atom is -0.489 e. The molecule has 1 aromatic carbocycles. The van der Waals surface area contributed by atoms with Gasteiger partial charge in [0.1, 0.15) is 12.4 Å². The number of aryl methyl sites for hydroxylation is 1. The lowest BCUT2D eigenvalue weighted by atomic mass is 10.1. The number of benzene rings is 1. The van der Waals surface area contributed by atoms with Gasteiger partial charge in [0.2, 0.25) is 15.9 Å². The SMILES string of the molecule is CC(=O)N1CCOc2cc(S(=O)(=O)NCc3cccnc3)c(C)cc21. The third kappa shape index (κ3) is 3.64. The van der Waals surface area contributed by atoms with Crippen molar-refractivity contribution < 1.29 is 17.9 Å². The summed E-state index contributed by atoms with van der Waals surface area (Å²) in [6.45, 7) is 4.11. The number of ether oxygens (including phenoxy) is 1. The van der Waals surface area contributed by atoms with Gasteiger partial charge in [0, 0.05) is 31.9 Å². The molecule has 1 aliphatic rings. The van der Waals surface area contributed by atoms with Crippen molar-refractivity contribution in [3.8, 4) is 5.75 Å². The summed E-state index contributed by atoms with van der Waals surface area (Å²) in [6, 6.07) is 6.70. The zero-order valence-electron chi connectivity index (χ0n) is 14.0. The summed E-state index contributed by atoms with van der Waals surface area (Å²) in [5, 5.41) is 0. The van der Waals surface area contributed by atoms with Gasteiger partial charge in [-0.25, -0.2) is 13.1 Å². The number of pyridine rings is 1. The van der Waals surface area contributed by atoms with Gasteiger partial charge in [0.25, 0.3) is 0 Å². The van der Waals surface area contributed by atoms with E-state index in [1.54, 1.807) is 42.4 Å². The van der Waals surface area contributed by atoms with E-state index in [0.717, 1.165) is 5.56 Å². The number of rotatable bonds is 4. The van der Waals surface area contributed by atoms with Gasteiger partial charge >= 0.3 is 0 Å². The van der Waals surface area contributed by atoms with Crippen molar-refractivity contribution >= 4 is 21.6 Å². The van der Waals surface area contributed by atoms with E-state index in [2.05, 4.69) is 9.71 Å². The Morgan fingerprint density at radius 3 is 2.88 bits per heavy atom. The molecule has 1 N–H and O–H groups in total. The van der Waals surface area contributed by atoms with E-state index >= 15 is 0 Å². The molecule has 0 atom stereocenters. The third-order valence-electron chi connectivity index (χ3n) is 3.98. The monoisotopic (exact) mass is 361 g/mol. The summed E-state index contributed by atoms with van der Waals surface area (Å²) in [4.78, 5) is 17.4. The van der Waals surface area contributed by atoms with Crippen LogP contribution in [-0.4, -0.2) is 32.5 Å². The highest BCUT2D eigenvalue weighted by atomic mass is 32.2. The molecular weight excluding hydrogens is 342 g/mol. The molecule has 0 spiro atoms. The van der Waals surface area contributed by atoms with Gasteiger partial charge in [-0.2, -0.15) is 0 Å². The van der Waals surface area contributed by atoms with Crippen LogP contribution >= 0.6 is 0 Å². The molecule has 1 amide bonds. The Kier molecular flexibility index (Phi) is 4.73. The van der Waals surface area contributed by atoms with E-state index in [4.69, 9.17) is 4.74 Å². The van der Waals surface area contributed by atoms with E-state index in [0.29, 0.717) is 30.2 Å². The Morgan fingerprint density at radius 2 is 2.20 bits per heavy atom. The molecule has 7 nitrogen and oxygen atoms in total. The van der Waals surface area contributed by atoms with E-state index < -0.39 is 10.0 Å². The van der Waals surface area contributed by atoms with E-state index in [9.17, 15) is 13.2 Å². The number of amides is 1. The fourth-order valence-electron chi connectivity index (χ4n) is 2.72. The van der Waals surface area contributed by atoms with Crippen molar-refractivity contribution in [1.82, 2.24) is 9.71 Å². The number of anilines is 1. The fourth-order valence-corrected chi connectivity index (χ4v) is 3.98. The summed E-state index contributed by atoms with van der Waals surface area (Å²) in [6.07, 6.45) is 3.24. The lowest BCUT2D eigenvalue weighted by molar-refractivity contribution is -0.116. The normalized spacial score (nSPS) is 13.9. The van der Waals surface area contributed by atoms with Crippen molar-refractivity contribution in [3.63, 3.8) is 0 Å². The largest absolute Gasteiger partial charge is 0.489 e. The summed E-state index contributed by atoms with van der Waals surface area (Å²) < 4.78 is 33.5. The fraction of sp³-hybridized carbons (Fsp3) is 0.294. The number of carbonyl (C=O) groups excluding carboxylic acids is 1. The molecule has 0 saturated heterocycles. The van der Waals surface area contributed by atoms with Crippen molar-refractivity contribution in [2.45, 2.75) is 25.3 Å². The Labute approximate surface area is 146 Å². The molecule has 8 heteroatoms. The first-order valence-electron chi connectivity index (χ1n) is 7.82. The van der Waals surface area contributed by atoms with Crippen molar-refractivity contribution in [2.75, 3.05) is 18.1 Å². The maximum atomic E-state index is 12.7. The Balaban J connectivity index is 1.90. The molecule has 0 fully saturated rings. The highest BCUT2D eigenvalue weighted by Gasteiger charge is 2.26. The maximum Gasteiger partial charge on any atom is 0.241 e. The van der Waals surface area contributed by atoms with E-state index in [1.165, 1.54) is 13.0 Å². The van der Waals surface area contributed by atoms with Crippen LogP contribution in [0.3, 0.4) is 0 Å². The predicted octanol–water partition coefficient (Wildman–Crippen LogP) is 1.61. The van der Waals surface area contributed by atoms with Crippen LogP contribution in [0.5, 0.6) is 5.75 Å². The van der Waals surface area contributed by atoms with Crippen molar-refractivity contribution in [3.05, 3.63) is 47.8 Å². The summed E-state index contributed by atoms with van der Waals surface area (Å²) in [7, 11) is -3.72. The zero-order chi connectivity index (χ0) is 18.0. The highest BCUT2D eigenvalue weighted by Crippen LogP contribution is 2.36. The van der Waals surface area contributed by atoms with Gasteiger partial charge in [-0.05, 0) is 30.2 Å². The van der Waals surface area contributed by atoms with Crippen LogP contribution in [0.1, 0.15) is 18.1 Å². The van der Waals surface area contributed by atoms with Gasteiger partial charge in [-0.3, -0.25) is 9.78 Å². The average Bonchev–Trinajstić information content (AvgIpc) is 2.59. The van der Waals surface area contributed by atoms with Gasteiger partial charge in [0.15, 0.2) is 0 Å². The van der Waals surface area contributed by atoms with Gasteiger partial charge in [-0.1, -0.05) is 6.07 Å². The van der Waals surface area contributed by atoms with Crippen molar-refractivity contribution in [1.29, 1.82) is 0 Å². The second-order valence-electron chi connectivity index (χ2n) is 5.79. The summed E-state index contributed by atoms with van der Waals surface area (Å²) in [5.74, 6) is 0.295. The topological polar surface area (TPSA) is 88.6 Å². The highest BCUT2D eigenvalue weighted by molar-refractivity contribution is 7.89. The number of fused-ring (bicyclic) bond motifs is 1. The number of hydrogen-bond acceptors (Lipinski definition) is 5. The van der Waals surface area contributed by atoms with Crippen molar-refractivity contribution in [2.24, 2.45) is 0 Å². The molecule has 0 radical (unpaired) electrons. The number of nitrogens with one attached hydrogen (secondary N) is 1. The van der Waals surface area contributed by atoms with Gasteiger partial charge in [-0.15, -0.1) is 0 Å². The number of nitrogens with zero attached hydrogens (tertiary/aromatic N) is 2.